The third-order valence-electron chi connectivity index (χ3n) is 5.16. The molecule has 166 valence electrons. The minimum absolute atomic E-state index is 0.0338. The number of hydrogen-bond donors (Lipinski definition) is 1. The van der Waals surface area contributed by atoms with Crippen molar-refractivity contribution in [2.24, 2.45) is 5.92 Å². The van der Waals surface area contributed by atoms with E-state index in [4.69, 9.17) is 11.6 Å². The maximum atomic E-state index is 14.1. The molecule has 0 atom stereocenters. The van der Waals surface area contributed by atoms with Gasteiger partial charge >= 0.3 is 0 Å². The number of ketones is 1. The first-order valence-corrected chi connectivity index (χ1v) is 10.6. The Bertz CT molecular complexity index is 974. The van der Waals surface area contributed by atoms with Crippen LogP contribution in [0.5, 0.6) is 0 Å². The Balaban J connectivity index is 1.80. The van der Waals surface area contributed by atoms with Crippen LogP contribution in [0.3, 0.4) is 0 Å². The second-order valence-corrected chi connectivity index (χ2v) is 8.61. The molecule has 2 heterocycles. The lowest BCUT2D eigenvalue weighted by Gasteiger charge is -2.33. The first-order valence-electron chi connectivity index (χ1n) is 10.3. The number of carbonyl (C=O) groups excluding carboxylic acids is 2. The van der Waals surface area contributed by atoms with Gasteiger partial charge in [0.2, 0.25) is 0 Å². The highest BCUT2D eigenvalue weighted by molar-refractivity contribution is 6.31. The molecule has 2 aromatic rings. The molecule has 0 aliphatic carbocycles. The van der Waals surface area contributed by atoms with Crippen LogP contribution in [0.15, 0.2) is 24.4 Å². The summed E-state index contributed by atoms with van der Waals surface area (Å²) in [7, 11) is 3.33. The van der Waals surface area contributed by atoms with Crippen molar-refractivity contribution in [2.75, 3.05) is 37.4 Å². The SMILES string of the molecule is CC(C)Nc1ncc(C(=O)N(C)C)nc1N1CCC(C(=O)c2cc(Cl)ccc2F)CC1. The van der Waals surface area contributed by atoms with Gasteiger partial charge in [-0.2, -0.15) is 0 Å². The van der Waals surface area contributed by atoms with Gasteiger partial charge in [-0.05, 0) is 44.9 Å². The van der Waals surface area contributed by atoms with E-state index in [0.29, 0.717) is 42.6 Å². The monoisotopic (exact) mass is 447 g/mol. The lowest BCUT2D eigenvalue weighted by Crippen LogP contribution is -2.38. The molecule has 1 aromatic carbocycles. The van der Waals surface area contributed by atoms with Crippen LogP contribution in [0, 0.1) is 11.7 Å². The summed E-state index contributed by atoms with van der Waals surface area (Å²) in [6, 6.07) is 4.17. The molecule has 1 aliphatic heterocycles. The van der Waals surface area contributed by atoms with Gasteiger partial charge in [-0.25, -0.2) is 14.4 Å². The molecule has 1 aliphatic rings. The molecule has 9 heteroatoms. The fourth-order valence-corrected chi connectivity index (χ4v) is 3.74. The number of anilines is 2. The number of nitrogens with zero attached hydrogens (tertiary/aromatic N) is 4. The number of benzene rings is 1. The number of aromatic nitrogens is 2. The number of halogens is 2. The Morgan fingerprint density at radius 3 is 2.55 bits per heavy atom. The van der Waals surface area contributed by atoms with Crippen LogP contribution in [-0.2, 0) is 0 Å². The van der Waals surface area contributed by atoms with Gasteiger partial charge in [0.15, 0.2) is 17.4 Å². The number of rotatable bonds is 6. The molecular weight excluding hydrogens is 421 g/mol. The molecule has 0 saturated carbocycles. The Kier molecular flexibility index (Phi) is 7.10. The number of amides is 1. The lowest BCUT2D eigenvalue weighted by atomic mass is 9.88. The minimum Gasteiger partial charge on any atom is -0.365 e. The van der Waals surface area contributed by atoms with E-state index < -0.39 is 5.82 Å². The van der Waals surface area contributed by atoms with Crippen molar-refractivity contribution >= 4 is 34.9 Å². The van der Waals surface area contributed by atoms with Crippen LogP contribution in [-0.4, -0.2) is 59.8 Å². The maximum absolute atomic E-state index is 14.1. The van der Waals surface area contributed by atoms with Crippen LogP contribution in [0.1, 0.15) is 47.5 Å². The zero-order valence-electron chi connectivity index (χ0n) is 18.2. The molecule has 1 N–H and O–H groups in total. The summed E-state index contributed by atoms with van der Waals surface area (Å²) < 4.78 is 14.1. The van der Waals surface area contributed by atoms with Crippen LogP contribution in [0.4, 0.5) is 16.0 Å². The number of carbonyl (C=O) groups is 2. The first kappa shape index (κ1) is 22.9. The summed E-state index contributed by atoms with van der Waals surface area (Å²) in [5.74, 6) is -0.141. The summed E-state index contributed by atoms with van der Waals surface area (Å²) in [6.07, 6.45) is 2.55. The Hall–Kier alpha value is -2.74. The molecule has 1 aromatic heterocycles. The zero-order valence-corrected chi connectivity index (χ0v) is 18.9. The molecular formula is C22H27ClFN5O2. The van der Waals surface area contributed by atoms with Crippen molar-refractivity contribution in [2.45, 2.75) is 32.7 Å². The highest BCUT2D eigenvalue weighted by Gasteiger charge is 2.30. The first-order chi connectivity index (χ1) is 14.7. The molecule has 0 spiro atoms. The quantitative estimate of drug-likeness (QED) is 0.677. The van der Waals surface area contributed by atoms with Gasteiger partial charge in [-0.3, -0.25) is 9.59 Å². The Morgan fingerprint density at radius 2 is 1.94 bits per heavy atom. The van der Waals surface area contributed by atoms with Gasteiger partial charge in [-0.1, -0.05) is 11.6 Å². The molecule has 7 nitrogen and oxygen atoms in total. The fraction of sp³-hybridized carbons (Fsp3) is 0.455. The van der Waals surface area contributed by atoms with Gasteiger partial charge in [0.25, 0.3) is 5.91 Å². The predicted octanol–water partition coefficient (Wildman–Crippen LogP) is 3.89. The third kappa shape index (κ3) is 5.31. The second kappa shape index (κ2) is 9.60. The number of piperidine rings is 1. The zero-order chi connectivity index (χ0) is 22.7. The largest absolute Gasteiger partial charge is 0.365 e. The molecule has 3 rings (SSSR count). The molecule has 0 radical (unpaired) electrons. The van der Waals surface area contributed by atoms with Gasteiger partial charge < -0.3 is 15.1 Å². The van der Waals surface area contributed by atoms with Gasteiger partial charge in [0.1, 0.15) is 11.5 Å². The van der Waals surface area contributed by atoms with Crippen LogP contribution in [0.2, 0.25) is 5.02 Å². The molecule has 1 saturated heterocycles. The van der Waals surface area contributed by atoms with Gasteiger partial charge in [0.05, 0.1) is 11.8 Å². The molecule has 0 bridgehead atoms. The van der Waals surface area contributed by atoms with E-state index in [1.807, 2.05) is 18.7 Å². The van der Waals surface area contributed by atoms with Crippen LogP contribution >= 0.6 is 11.6 Å². The van der Waals surface area contributed by atoms with E-state index in [2.05, 4.69) is 15.3 Å². The van der Waals surface area contributed by atoms with Gasteiger partial charge in [-0.15, -0.1) is 0 Å². The fourth-order valence-electron chi connectivity index (χ4n) is 3.57. The lowest BCUT2D eigenvalue weighted by molar-refractivity contribution is 0.0821. The topological polar surface area (TPSA) is 78.4 Å². The van der Waals surface area contributed by atoms with E-state index in [-0.39, 0.29) is 34.9 Å². The van der Waals surface area contributed by atoms with Crippen molar-refractivity contribution in [3.05, 3.63) is 46.5 Å². The summed E-state index contributed by atoms with van der Waals surface area (Å²) in [6.45, 7) is 5.07. The Morgan fingerprint density at radius 1 is 1.26 bits per heavy atom. The van der Waals surface area contributed by atoms with Crippen molar-refractivity contribution in [1.82, 2.24) is 14.9 Å². The average Bonchev–Trinajstić information content (AvgIpc) is 2.74. The van der Waals surface area contributed by atoms with E-state index in [9.17, 15) is 14.0 Å². The van der Waals surface area contributed by atoms with E-state index in [1.54, 1.807) is 14.1 Å². The summed E-state index contributed by atoms with van der Waals surface area (Å²) in [5.41, 5.74) is 0.292. The normalized spacial score (nSPS) is 14.6. The van der Waals surface area contributed by atoms with Crippen LogP contribution < -0.4 is 10.2 Å². The molecule has 1 fully saturated rings. The number of nitrogens with one attached hydrogen (secondary N) is 1. The highest BCUT2D eigenvalue weighted by Crippen LogP contribution is 2.30. The standard InChI is InChI=1S/C22H27ClFN5O2/c1-13(2)26-20-21(27-18(12-25-20)22(31)28(3)4)29-9-7-14(8-10-29)19(30)16-11-15(23)5-6-17(16)24/h5-6,11-14H,7-10H2,1-4H3,(H,25,26). The summed E-state index contributed by atoms with van der Waals surface area (Å²) in [4.78, 5) is 37.7. The Labute approximate surface area is 186 Å². The van der Waals surface area contributed by atoms with Crippen molar-refractivity contribution in [1.29, 1.82) is 0 Å². The van der Waals surface area contributed by atoms with Crippen molar-refractivity contribution < 1.29 is 14.0 Å². The van der Waals surface area contributed by atoms with Crippen molar-refractivity contribution in [3.63, 3.8) is 0 Å². The molecule has 1 amide bonds. The molecule has 0 unspecified atom stereocenters. The van der Waals surface area contributed by atoms with E-state index in [1.165, 1.54) is 29.3 Å². The smallest absolute Gasteiger partial charge is 0.273 e. The van der Waals surface area contributed by atoms with Gasteiger partial charge in [0, 0.05) is 44.2 Å². The van der Waals surface area contributed by atoms with Crippen LogP contribution in [0.25, 0.3) is 0 Å². The second-order valence-electron chi connectivity index (χ2n) is 8.18. The predicted molar refractivity (Wildman–Crippen MR) is 119 cm³/mol. The summed E-state index contributed by atoms with van der Waals surface area (Å²) >= 11 is 5.94. The minimum atomic E-state index is -0.555. The van der Waals surface area contributed by atoms with E-state index in [0.717, 1.165) is 0 Å². The highest BCUT2D eigenvalue weighted by atomic mass is 35.5. The maximum Gasteiger partial charge on any atom is 0.273 e. The van der Waals surface area contributed by atoms with Crippen molar-refractivity contribution in [3.8, 4) is 0 Å². The summed E-state index contributed by atoms with van der Waals surface area (Å²) in [5, 5.41) is 3.61. The molecule has 31 heavy (non-hydrogen) atoms. The number of hydrogen-bond acceptors (Lipinski definition) is 6. The van der Waals surface area contributed by atoms with E-state index >= 15 is 0 Å². The third-order valence-corrected chi connectivity index (χ3v) is 5.40. The number of Topliss-reactive ketones (excluding diaryl/α,β-unsaturated/α-hetero) is 1. The average molecular weight is 448 g/mol.